The lowest BCUT2D eigenvalue weighted by molar-refractivity contribution is -0.131. The average Bonchev–Trinajstić information content (AvgIpc) is 3.32. The number of nitrogens with zero attached hydrogens (tertiary/aromatic N) is 3. The number of H-pyrrole nitrogens is 1. The molecule has 1 aromatic carbocycles. The monoisotopic (exact) mass is 466 g/mol. The van der Waals surface area contributed by atoms with Gasteiger partial charge in [-0.25, -0.2) is 4.98 Å². The molecule has 7 nitrogen and oxygen atoms in total. The molecule has 0 saturated carbocycles. The van der Waals surface area contributed by atoms with Crippen molar-refractivity contribution in [3.63, 3.8) is 0 Å². The predicted molar refractivity (Wildman–Crippen MR) is 130 cm³/mol. The molecule has 1 N–H and O–H groups in total. The zero-order chi connectivity index (χ0) is 22.8. The summed E-state index contributed by atoms with van der Waals surface area (Å²) in [6, 6.07) is 7.90. The van der Waals surface area contributed by atoms with Crippen LogP contribution in [0.4, 0.5) is 0 Å². The van der Waals surface area contributed by atoms with E-state index in [1.54, 1.807) is 18.4 Å². The Morgan fingerprint density at radius 2 is 1.97 bits per heavy atom. The number of carbonyl (C=O) groups is 1. The van der Waals surface area contributed by atoms with Gasteiger partial charge in [0.2, 0.25) is 5.91 Å². The minimum absolute atomic E-state index is 0.000409. The Hall–Kier alpha value is -2.71. The number of rotatable bonds is 6. The Morgan fingerprint density at radius 3 is 2.79 bits per heavy atom. The summed E-state index contributed by atoms with van der Waals surface area (Å²) in [4.78, 5) is 39.8. The zero-order valence-corrected chi connectivity index (χ0v) is 19.9. The number of aromatic nitrogens is 2. The second kappa shape index (κ2) is 9.65. The van der Waals surface area contributed by atoms with Crippen LogP contribution >= 0.6 is 11.3 Å². The number of thiophene rings is 1. The molecule has 3 aromatic rings. The number of ether oxygens (including phenoxy) is 1. The number of nitrogens with one attached hydrogen (secondary N) is 1. The lowest BCUT2D eigenvalue weighted by Crippen LogP contribution is -2.35. The minimum Gasteiger partial charge on any atom is -0.497 e. The van der Waals surface area contributed by atoms with Gasteiger partial charge in [-0.3, -0.25) is 14.5 Å². The highest BCUT2D eigenvalue weighted by atomic mass is 32.1. The van der Waals surface area contributed by atoms with Crippen molar-refractivity contribution in [1.82, 2.24) is 19.8 Å². The first-order valence-electron chi connectivity index (χ1n) is 11.8. The topological polar surface area (TPSA) is 78.5 Å². The van der Waals surface area contributed by atoms with Crippen LogP contribution in [0.25, 0.3) is 10.2 Å². The number of aryl methyl sites for hydroxylation is 3. The van der Waals surface area contributed by atoms with Gasteiger partial charge in [-0.1, -0.05) is 12.1 Å². The number of fused-ring (bicyclic) bond motifs is 3. The van der Waals surface area contributed by atoms with Crippen LogP contribution in [0.2, 0.25) is 0 Å². The molecule has 174 valence electrons. The molecule has 1 fully saturated rings. The van der Waals surface area contributed by atoms with Crippen LogP contribution in [0.5, 0.6) is 5.75 Å². The van der Waals surface area contributed by atoms with Crippen molar-refractivity contribution >= 4 is 27.5 Å². The standard InChI is InChI=1S/C25H30N4O3S/c1-32-18-9-6-17(7-10-18)8-11-22(30)29-13-3-12-28(14-15-29)16-21-26-24(31)23-19-4-2-5-20(19)33-25(23)27-21/h6-7,9-10H,2-5,8,11-16H2,1H3,(H,26,27,31). The molecule has 0 atom stereocenters. The second-order valence-electron chi connectivity index (χ2n) is 8.91. The summed E-state index contributed by atoms with van der Waals surface area (Å²) >= 11 is 1.68. The summed E-state index contributed by atoms with van der Waals surface area (Å²) in [6.45, 7) is 3.78. The molecule has 2 aromatic heterocycles. The van der Waals surface area contributed by atoms with Gasteiger partial charge in [-0.15, -0.1) is 11.3 Å². The summed E-state index contributed by atoms with van der Waals surface area (Å²) in [5, 5.41) is 0.806. The predicted octanol–water partition coefficient (Wildman–Crippen LogP) is 3.15. The molecule has 0 spiro atoms. The lowest BCUT2D eigenvalue weighted by atomic mass is 10.1. The van der Waals surface area contributed by atoms with Crippen LogP contribution in [0.15, 0.2) is 29.1 Å². The van der Waals surface area contributed by atoms with Gasteiger partial charge < -0.3 is 14.6 Å². The quantitative estimate of drug-likeness (QED) is 0.604. The van der Waals surface area contributed by atoms with Crippen molar-refractivity contribution in [1.29, 1.82) is 0 Å². The molecule has 0 bridgehead atoms. The number of aromatic amines is 1. The highest BCUT2D eigenvalue weighted by molar-refractivity contribution is 7.18. The summed E-state index contributed by atoms with van der Waals surface area (Å²) in [5.41, 5.74) is 2.36. The zero-order valence-electron chi connectivity index (χ0n) is 19.1. The Labute approximate surface area is 197 Å². The van der Waals surface area contributed by atoms with Crippen LogP contribution in [-0.2, 0) is 30.6 Å². The molecule has 3 heterocycles. The van der Waals surface area contributed by atoms with Crippen LogP contribution in [0, 0.1) is 0 Å². The molecular formula is C25H30N4O3S. The van der Waals surface area contributed by atoms with E-state index in [4.69, 9.17) is 9.72 Å². The van der Waals surface area contributed by atoms with E-state index in [9.17, 15) is 9.59 Å². The molecular weight excluding hydrogens is 436 g/mol. The Bertz CT molecular complexity index is 1200. The van der Waals surface area contributed by atoms with Gasteiger partial charge in [0.25, 0.3) is 5.56 Å². The van der Waals surface area contributed by atoms with Crippen molar-refractivity contribution < 1.29 is 9.53 Å². The van der Waals surface area contributed by atoms with Crippen LogP contribution in [0.1, 0.15) is 41.1 Å². The Kier molecular flexibility index (Phi) is 6.46. The van der Waals surface area contributed by atoms with Crippen LogP contribution < -0.4 is 10.3 Å². The molecule has 1 amide bonds. The molecule has 0 radical (unpaired) electrons. The number of methoxy groups -OCH3 is 1. The lowest BCUT2D eigenvalue weighted by Gasteiger charge is -2.22. The fourth-order valence-corrected chi connectivity index (χ4v) is 6.19. The van der Waals surface area contributed by atoms with E-state index in [1.165, 1.54) is 10.4 Å². The summed E-state index contributed by atoms with van der Waals surface area (Å²) in [5.74, 6) is 1.76. The Balaban J connectivity index is 1.17. The van der Waals surface area contributed by atoms with Crippen LogP contribution in [-0.4, -0.2) is 59.0 Å². The van der Waals surface area contributed by atoms with Gasteiger partial charge in [0.05, 0.1) is 19.0 Å². The highest BCUT2D eigenvalue weighted by Crippen LogP contribution is 2.34. The van der Waals surface area contributed by atoms with Crippen molar-refractivity contribution in [2.24, 2.45) is 0 Å². The first-order chi connectivity index (χ1) is 16.1. The normalized spacial score (nSPS) is 16.7. The highest BCUT2D eigenvalue weighted by Gasteiger charge is 2.23. The van der Waals surface area contributed by atoms with Crippen molar-refractivity contribution in [2.75, 3.05) is 33.3 Å². The number of carbonyl (C=O) groups excluding carboxylic acids is 1. The Morgan fingerprint density at radius 1 is 1.12 bits per heavy atom. The van der Waals surface area contributed by atoms with Gasteiger partial charge in [0.15, 0.2) is 0 Å². The maximum absolute atomic E-state index is 12.8. The average molecular weight is 467 g/mol. The van der Waals surface area contributed by atoms with Crippen molar-refractivity contribution in [2.45, 2.75) is 45.1 Å². The fourth-order valence-electron chi connectivity index (χ4n) is 4.91. The first kappa shape index (κ1) is 22.1. The van der Waals surface area contributed by atoms with Gasteiger partial charge in [-0.2, -0.15) is 0 Å². The third kappa shape index (κ3) is 4.82. The molecule has 2 aliphatic rings. The van der Waals surface area contributed by atoms with E-state index in [-0.39, 0.29) is 11.5 Å². The molecule has 0 unspecified atom stereocenters. The molecule has 5 rings (SSSR count). The molecule has 1 aliphatic heterocycles. The fraction of sp³-hybridized carbons (Fsp3) is 0.480. The van der Waals surface area contributed by atoms with Crippen molar-refractivity contribution in [3.05, 3.63) is 56.4 Å². The smallest absolute Gasteiger partial charge is 0.259 e. The maximum Gasteiger partial charge on any atom is 0.259 e. The van der Waals surface area contributed by atoms with E-state index >= 15 is 0 Å². The third-order valence-electron chi connectivity index (χ3n) is 6.73. The minimum atomic E-state index is -0.000409. The van der Waals surface area contributed by atoms with E-state index in [0.717, 1.165) is 79.1 Å². The summed E-state index contributed by atoms with van der Waals surface area (Å²) in [7, 11) is 1.65. The van der Waals surface area contributed by atoms with E-state index in [1.807, 2.05) is 29.2 Å². The van der Waals surface area contributed by atoms with Gasteiger partial charge in [0, 0.05) is 37.5 Å². The molecule has 33 heavy (non-hydrogen) atoms. The number of hydrogen-bond donors (Lipinski definition) is 1. The van der Waals surface area contributed by atoms with Gasteiger partial charge >= 0.3 is 0 Å². The summed E-state index contributed by atoms with van der Waals surface area (Å²) < 4.78 is 5.19. The van der Waals surface area contributed by atoms with E-state index in [2.05, 4.69) is 9.88 Å². The SMILES string of the molecule is COc1ccc(CCC(=O)N2CCCN(Cc3nc4sc5c(c4c(=O)[nH]3)CCC5)CC2)cc1. The van der Waals surface area contributed by atoms with E-state index < -0.39 is 0 Å². The van der Waals surface area contributed by atoms with E-state index in [0.29, 0.717) is 19.5 Å². The largest absolute Gasteiger partial charge is 0.497 e. The van der Waals surface area contributed by atoms with Crippen LogP contribution in [0.3, 0.4) is 0 Å². The summed E-state index contributed by atoms with van der Waals surface area (Å²) in [6.07, 6.45) is 5.38. The maximum atomic E-state index is 12.8. The number of amides is 1. The molecule has 8 heteroatoms. The number of hydrogen-bond acceptors (Lipinski definition) is 6. The van der Waals surface area contributed by atoms with Crippen molar-refractivity contribution in [3.8, 4) is 5.75 Å². The van der Waals surface area contributed by atoms with Gasteiger partial charge in [-0.05, 0) is 55.4 Å². The molecule has 1 saturated heterocycles. The second-order valence-corrected chi connectivity index (χ2v) is 9.99. The first-order valence-corrected chi connectivity index (χ1v) is 12.6. The third-order valence-corrected chi connectivity index (χ3v) is 7.91. The van der Waals surface area contributed by atoms with Gasteiger partial charge in [0.1, 0.15) is 16.4 Å². The number of benzene rings is 1. The molecule has 1 aliphatic carbocycles.